The van der Waals surface area contributed by atoms with Crippen LogP contribution >= 0.6 is 11.3 Å². The molecule has 0 spiro atoms. The van der Waals surface area contributed by atoms with Crippen molar-refractivity contribution < 1.29 is 19.1 Å². The van der Waals surface area contributed by atoms with Crippen molar-refractivity contribution in [2.45, 2.75) is 46.1 Å². The summed E-state index contributed by atoms with van der Waals surface area (Å²) in [5.41, 5.74) is 2.92. The molecule has 0 N–H and O–H groups in total. The topological polar surface area (TPSA) is 59.1 Å². The van der Waals surface area contributed by atoms with Gasteiger partial charge in [0.2, 0.25) is 5.91 Å². The molecule has 4 rings (SSSR count). The van der Waals surface area contributed by atoms with Crippen LogP contribution in [0.2, 0.25) is 0 Å². The summed E-state index contributed by atoms with van der Waals surface area (Å²) in [5, 5.41) is 2.08. The van der Waals surface area contributed by atoms with E-state index in [0.29, 0.717) is 36.9 Å². The van der Waals surface area contributed by atoms with Gasteiger partial charge in [0.1, 0.15) is 24.7 Å². The van der Waals surface area contributed by atoms with Gasteiger partial charge in [0, 0.05) is 23.5 Å². The molecule has 0 fully saturated rings. The molecule has 1 aliphatic heterocycles. The van der Waals surface area contributed by atoms with Gasteiger partial charge in [-0.15, -0.1) is 11.3 Å². The van der Waals surface area contributed by atoms with E-state index < -0.39 is 0 Å². The molecule has 2 aromatic carbocycles. The number of benzene rings is 2. The van der Waals surface area contributed by atoms with E-state index in [-0.39, 0.29) is 30.3 Å². The van der Waals surface area contributed by atoms with Gasteiger partial charge in [0.15, 0.2) is 0 Å². The van der Waals surface area contributed by atoms with Crippen LogP contribution in [-0.2, 0) is 11.2 Å². The Bertz CT molecular complexity index is 1230. The van der Waals surface area contributed by atoms with Crippen molar-refractivity contribution in [3.8, 4) is 11.5 Å². The molecule has 3 aromatic rings. The number of fused-ring (bicyclic) bond motifs is 1. The summed E-state index contributed by atoms with van der Waals surface area (Å²) in [6.45, 7) is 9.92. The van der Waals surface area contributed by atoms with E-state index in [1.165, 1.54) is 10.4 Å². The second kappa shape index (κ2) is 12.5. The lowest BCUT2D eigenvalue weighted by molar-refractivity contribution is -0.135. The van der Waals surface area contributed by atoms with Crippen LogP contribution < -0.4 is 9.47 Å². The number of amides is 2. The monoisotopic (exact) mass is 534 g/mol. The van der Waals surface area contributed by atoms with Crippen molar-refractivity contribution in [2.75, 3.05) is 33.4 Å². The molecule has 2 amide bonds. The highest BCUT2D eigenvalue weighted by atomic mass is 32.1. The molecule has 202 valence electrons. The van der Waals surface area contributed by atoms with Crippen molar-refractivity contribution in [1.29, 1.82) is 0 Å². The lowest BCUT2D eigenvalue weighted by Crippen LogP contribution is -2.48. The fourth-order valence-corrected chi connectivity index (χ4v) is 5.78. The number of thiophene rings is 1. The smallest absolute Gasteiger partial charge is 0.254 e. The molecule has 0 aliphatic carbocycles. The minimum Gasteiger partial charge on any atom is -0.497 e. The molecule has 38 heavy (non-hydrogen) atoms. The van der Waals surface area contributed by atoms with Gasteiger partial charge < -0.3 is 19.3 Å². The summed E-state index contributed by atoms with van der Waals surface area (Å²) in [4.78, 5) is 32.1. The van der Waals surface area contributed by atoms with Crippen LogP contribution in [0, 0.1) is 5.92 Å². The van der Waals surface area contributed by atoms with E-state index in [0.717, 1.165) is 17.7 Å². The number of hydrogen-bond donors (Lipinski definition) is 0. The van der Waals surface area contributed by atoms with Gasteiger partial charge in [-0.3, -0.25) is 9.59 Å². The first-order valence-corrected chi connectivity index (χ1v) is 14.2. The quantitative estimate of drug-likeness (QED) is 0.312. The van der Waals surface area contributed by atoms with Crippen LogP contribution in [0.15, 0.2) is 60.0 Å². The molecule has 0 bridgehead atoms. The third-order valence-electron chi connectivity index (χ3n) is 6.89. The Labute approximate surface area is 230 Å². The third-order valence-corrected chi connectivity index (χ3v) is 7.88. The Balaban J connectivity index is 1.52. The molecule has 6 nitrogen and oxygen atoms in total. The lowest BCUT2D eigenvalue weighted by Gasteiger charge is -2.37. The van der Waals surface area contributed by atoms with E-state index in [9.17, 15) is 9.59 Å². The summed E-state index contributed by atoms with van der Waals surface area (Å²) in [6, 6.07) is 17.2. The van der Waals surface area contributed by atoms with Gasteiger partial charge in [0.25, 0.3) is 5.91 Å². The normalized spacial score (nSPS) is 14.9. The maximum Gasteiger partial charge on any atom is 0.254 e. The molecular formula is C31H38N2O4S. The van der Waals surface area contributed by atoms with Crippen molar-refractivity contribution >= 4 is 23.2 Å². The predicted molar refractivity (Wildman–Crippen MR) is 152 cm³/mol. The Hall–Kier alpha value is -3.32. The van der Waals surface area contributed by atoms with Crippen LogP contribution in [0.3, 0.4) is 0 Å². The Morgan fingerprint density at radius 2 is 1.82 bits per heavy atom. The van der Waals surface area contributed by atoms with E-state index in [2.05, 4.69) is 51.3 Å². The van der Waals surface area contributed by atoms with Gasteiger partial charge in [-0.05, 0) is 71.2 Å². The minimum atomic E-state index is -0.199. The summed E-state index contributed by atoms with van der Waals surface area (Å²) in [5.74, 6) is 1.84. The number of methoxy groups -OCH3 is 1. The first kappa shape index (κ1) is 27.7. The lowest BCUT2D eigenvalue weighted by atomic mass is 10.00. The summed E-state index contributed by atoms with van der Waals surface area (Å²) in [7, 11) is 1.58. The van der Waals surface area contributed by atoms with Crippen LogP contribution in [0.1, 0.15) is 66.0 Å². The molecule has 2 heterocycles. The van der Waals surface area contributed by atoms with Crippen LogP contribution in [0.5, 0.6) is 11.5 Å². The molecule has 7 heteroatoms. The van der Waals surface area contributed by atoms with Gasteiger partial charge in [-0.1, -0.05) is 45.9 Å². The SMILES string of the molecule is COc1cccc(C(=O)N(CC(=O)N2CCc3sccc3C2COc2ccc(C(C)C)cc2)CC(C)C)c1. The summed E-state index contributed by atoms with van der Waals surface area (Å²) < 4.78 is 11.5. The van der Waals surface area contributed by atoms with E-state index in [1.807, 2.05) is 23.1 Å². The maximum absolute atomic E-state index is 13.8. The zero-order chi connectivity index (χ0) is 27.2. The average molecular weight is 535 g/mol. The van der Waals surface area contributed by atoms with Crippen molar-refractivity contribution in [3.05, 3.63) is 81.5 Å². The summed E-state index contributed by atoms with van der Waals surface area (Å²) >= 11 is 1.73. The second-order valence-electron chi connectivity index (χ2n) is 10.5. The Morgan fingerprint density at radius 1 is 1.05 bits per heavy atom. The zero-order valence-electron chi connectivity index (χ0n) is 23.0. The number of nitrogens with zero attached hydrogens (tertiary/aromatic N) is 2. The fourth-order valence-electron chi connectivity index (χ4n) is 4.85. The molecule has 0 saturated heterocycles. The van der Waals surface area contributed by atoms with Gasteiger partial charge in [0.05, 0.1) is 13.2 Å². The molecule has 1 aliphatic rings. The first-order valence-electron chi connectivity index (χ1n) is 13.3. The largest absolute Gasteiger partial charge is 0.497 e. The van der Waals surface area contributed by atoms with E-state index >= 15 is 0 Å². The Morgan fingerprint density at radius 3 is 2.50 bits per heavy atom. The van der Waals surface area contributed by atoms with Gasteiger partial charge in [-0.2, -0.15) is 0 Å². The summed E-state index contributed by atoms with van der Waals surface area (Å²) in [6.07, 6.45) is 0.812. The average Bonchev–Trinajstić information content (AvgIpc) is 3.40. The van der Waals surface area contributed by atoms with Crippen molar-refractivity contribution in [2.24, 2.45) is 5.92 Å². The highest BCUT2D eigenvalue weighted by molar-refractivity contribution is 7.10. The molecule has 1 atom stereocenters. The van der Waals surface area contributed by atoms with Crippen molar-refractivity contribution in [1.82, 2.24) is 9.80 Å². The highest BCUT2D eigenvalue weighted by Gasteiger charge is 2.34. The number of carbonyl (C=O) groups excluding carboxylic acids is 2. The zero-order valence-corrected chi connectivity index (χ0v) is 23.8. The highest BCUT2D eigenvalue weighted by Crippen LogP contribution is 2.34. The molecular weight excluding hydrogens is 496 g/mol. The van der Waals surface area contributed by atoms with Crippen LogP contribution in [0.4, 0.5) is 0 Å². The number of hydrogen-bond acceptors (Lipinski definition) is 5. The van der Waals surface area contributed by atoms with Gasteiger partial charge >= 0.3 is 0 Å². The fraction of sp³-hybridized carbons (Fsp3) is 0.419. The van der Waals surface area contributed by atoms with E-state index in [4.69, 9.17) is 9.47 Å². The van der Waals surface area contributed by atoms with Crippen molar-refractivity contribution in [3.63, 3.8) is 0 Å². The number of ether oxygens (including phenoxy) is 2. The molecule has 0 saturated carbocycles. The Kier molecular flexibility index (Phi) is 9.10. The number of rotatable bonds is 10. The predicted octanol–water partition coefficient (Wildman–Crippen LogP) is 6.18. The standard InChI is InChI=1S/C31H38N2O4S/c1-21(2)18-32(31(35)24-7-6-8-26(17-24)36-5)19-30(34)33-15-13-29-27(14-16-38-29)28(33)20-37-25-11-9-23(10-12-25)22(3)4/h6-12,14,16-17,21-22,28H,13,15,18-20H2,1-5H3. The van der Waals surface area contributed by atoms with Crippen LogP contribution in [-0.4, -0.2) is 55.0 Å². The van der Waals surface area contributed by atoms with Crippen LogP contribution in [0.25, 0.3) is 0 Å². The second-order valence-corrected chi connectivity index (χ2v) is 11.5. The minimum absolute atomic E-state index is 0.0211. The third kappa shape index (κ3) is 6.57. The maximum atomic E-state index is 13.8. The number of carbonyl (C=O) groups is 2. The molecule has 0 radical (unpaired) electrons. The molecule has 1 unspecified atom stereocenters. The first-order chi connectivity index (χ1) is 18.3. The van der Waals surface area contributed by atoms with E-state index in [1.54, 1.807) is 41.5 Å². The molecule has 1 aromatic heterocycles. The van der Waals surface area contributed by atoms with Gasteiger partial charge in [-0.25, -0.2) is 0 Å².